The van der Waals surface area contributed by atoms with Crippen molar-refractivity contribution in [3.05, 3.63) is 41.7 Å². The van der Waals surface area contributed by atoms with Crippen LogP contribution in [0.2, 0.25) is 0 Å². The molecule has 0 aliphatic carbocycles. The van der Waals surface area contributed by atoms with E-state index in [1.54, 1.807) is 6.26 Å². The van der Waals surface area contributed by atoms with Crippen LogP contribution in [0.5, 0.6) is 0 Å². The highest BCUT2D eigenvalue weighted by Gasteiger charge is 2.35. The van der Waals surface area contributed by atoms with Crippen LogP contribution in [0, 0.1) is 12.3 Å². The summed E-state index contributed by atoms with van der Waals surface area (Å²) in [7, 11) is 0. The van der Waals surface area contributed by atoms with Gasteiger partial charge in [0.2, 0.25) is 0 Å². The van der Waals surface area contributed by atoms with Gasteiger partial charge in [-0.05, 0) is 12.5 Å². The van der Waals surface area contributed by atoms with Crippen LogP contribution in [-0.2, 0) is 4.74 Å². The second-order valence-electron chi connectivity index (χ2n) is 6.20. The summed E-state index contributed by atoms with van der Waals surface area (Å²) in [5.41, 5.74) is 2.42. The summed E-state index contributed by atoms with van der Waals surface area (Å²) in [6.07, 6.45) is 0.485. The number of benzene rings is 1. The Morgan fingerprint density at radius 1 is 1.35 bits per heavy atom. The number of carboxylic acid groups (broad SMARTS) is 1. The molecule has 0 spiro atoms. The monoisotopic (exact) mass is 275 g/mol. The van der Waals surface area contributed by atoms with Gasteiger partial charge in [0.1, 0.15) is 12.4 Å². The first kappa shape index (κ1) is 14.4. The number of hydrogen-bond donors (Lipinski definition) is 1. The molecule has 4 nitrogen and oxygen atoms in total. The lowest BCUT2D eigenvalue weighted by Crippen LogP contribution is -2.45. The Bertz CT molecular complexity index is 543. The topological polar surface area (TPSA) is 49.8 Å². The van der Waals surface area contributed by atoms with E-state index in [4.69, 9.17) is 4.74 Å². The Kier molecular flexibility index (Phi) is 3.75. The number of hydrogen-bond acceptors (Lipinski definition) is 2. The molecule has 1 aromatic rings. The summed E-state index contributed by atoms with van der Waals surface area (Å²) < 4.78 is 5.78. The molecule has 108 valence electrons. The minimum absolute atomic E-state index is 0.110. The number of rotatable bonds is 1. The molecule has 0 bridgehead atoms. The van der Waals surface area contributed by atoms with Crippen molar-refractivity contribution >= 4 is 11.8 Å². The van der Waals surface area contributed by atoms with Crippen LogP contribution in [-0.4, -0.2) is 28.7 Å². The zero-order valence-electron chi connectivity index (χ0n) is 12.4. The first-order chi connectivity index (χ1) is 9.30. The zero-order chi connectivity index (χ0) is 14.9. The Balaban J connectivity index is 2.40. The fourth-order valence-electron chi connectivity index (χ4n) is 2.25. The smallest absolute Gasteiger partial charge is 0.412 e. The Morgan fingerprint density at radius 3 is 2.55 bits per heavy atom. The maximum absolute atomic E-state index is 11.6. The summed E-state index contributed by atoms with van der Waals surface area (Å²) in [4.78, 5) is 12.9. The molecule has 1 atom stereocenters. The average molecular weight is 275 g/mol. The fraction of sp³-hybridized carbons (Fsp3) is 0.438. The highest BCUT2D eigenvalue weighted by Crippen LogP contribution is 2.32. The van der Waals surface area contributed by atoms with E-state index >= 15 is 0 Å². The van der Waals surface area contributed by atoms with Crippen molar-refractivity contribution in [2.45, 2.75) is 33.8 Å². The summed E-state index contributed by atoms with van der Waals surface area (Å²) in [6.45, 7) is 8.45. The van der Waals surface area contributed by atoms with Crippen LogP contribution < -0.4 is 0 Å². The van der Waals surface area contributed by atoms with Gasteiger partial charge in [0.25, 0.3) is 0 Å². The minimum atomic E-state index is -0.947. The molecule has 2 rings (SSSR count). The molecule has 1 aromatic carbocycles. The van der Waals surface area contributed by atoms with Gasteiger partial charge < -0.3 is 9.84 Å². The molecule has 20 heavy (non-hydrogen) atoms. The van der Waals surface area contributed by atoms with Crippen LogP contribution in [0.1, 0.15) is 31.9 Å². The van der Waals surface area contributed by atoms with E-state index in [9.17, 15) is 9.90 Å². The van der Waals surface area contributed by atoms with E-state index in [2.05, 4.69) is 0 Å². The lowest BCUT2D eigenvalue weighted by Gasteiger charge is -2.38. The summed E-state index contributed by atoms with van der Waals surface area (Å²) in [5.74, 6) is 0. The number of amides is 1. The Morgan fingerprint density at radius 2 is 2.00 bits per heavy atom. The third kappa shape index (κ3) is 2.79. The highest BCUT2D eigenvalue weighted by atomic mass is 16.5. The first-order valence-electron chi connectivity index (χ1n) is 6.73. The predicted molar refractivity (Wildman–Crippen MR) is 78.2 cm³/mol. The normalized spacial score (nSPS) is 19.3. The predicted octanol–water partition coefficient (Wildman–Crippen LogP) is 3.72. The van der Waals surface area contributed by atoms with Gasteiger partial charge in [-0.3, -0.25) is 4.90 Å². The van der Waals surface area contributed by atoms with Gasteiger partial charge in [-0.1, -0.05) is 45.0 Å². The molecule has 1 unspecified atom stereocenters. The first-order valence-corrected chi connectivity index (χ1v) is 6.73. The third-order valence-electron chi connectivity index (χ3n) is 3.60. The van der Waals surface area contributed by atoms with E-state index in [1.807, 2.05) is 52.0 Å². The molecule has 1 aliphatic heterocycles. The van der Waals surface area contributed by atoms with Crippen molar-refractivity contribution in [3.63, 3.8) is 0 Å². The Labute approximate surface area is 119 Å². The largest absolute Gasteiger partial charge is 0.493 e. The molecule has 1 heterocycles. The third-order valence-corrected chi connectivity index (χ3v) is 3.60. The molecule has 0 aromatic heterocycles. The fourth-order valence-corrected chi connectivity index (χ4v) is 2.25. The zero-order valence-corrected chi connectivity index (χ0v) is 12.4. The Hall–Kier alpha value is -1.97. The molecular formula is C16H21NO3. The molecule has 1 N–H and O–H groups in total. The van der Waals surface area contributed by atoms with Gasteiger partial charge in [0.05, 0.1) is 12.2 Å². The molecular weight excluding hydrogens is 254 g/mol. The summed E-state index contributed by atoms with van der Waals surface area (Å²) in [5, 5.41) is 9.47. The van der Waals surface area contributed by atoms with Crippen LogP contribution in [0.3, 0.4) is 0 Å². The standard InChI is InChI=1S/C16H21NO3/c1-11-7-5-6-8-12(11)13-10-20-14(16(2,3)4)9-17(13)15(18)19/h5-8,10,14H,9H2,1-4H3,(H,18,19). The number of ether oxygens (including phenoxy) is 1. The van der Waals surface area contributed by atoms with E-state index < -0.39 is 6.09 Å². The lowest BCUT2D eigenvalue weighted by atomic mass is 9.88. The maximum atomic E-state index is 11.6. The summed E-state index contributed by atoms with van der Waals surface area (Å²) >= 11 is 0. The minimum Gasteiger partial charge on any atom is -0.493 e. The molecule has 0 saturated heterocycles. The van der Waals surface area contributed by atoms with Crippen molar-refractivity contribution in [2.75, 3.05) is 6.54 Å². The molecule has 4 heteroatoms. The van der Waals surface area contributed by atoms with E-state index in [1.165, 1.54) is 4.90 Å². The van der Waals surface area contributed by atoms with Crippen LogP contribution in [0.15, 0.2) is 30.5 Å². The molecule has 1 amide bonds. The average Bonchev–Trinajstić information content (AvgIpc) is 2.37. The second kappa shape index (κ2) is 5.19. The van der Waals surface area contributed by atoms with Crippen LogP contribution in [0.4, 0.5) is 4.79 Å². The van der Waals surface area contributed by atoms with Crippen molar-refractivity contribution in [3.8, 4) is 0 Å². The van der Waals surface area contributed by atoms with Crippen molar-refractivity contribution < 1.29 is 14.6 Å². The van der Waals surface area contributed by atoms with E-state index in [0.29, 0.717) is 12.2 Å². The highest BCUT2D eigenvalue weighted by molar-refractivity contribution is 5.81. The summed E-state index contributed by atoms with van der Waals surface area (Å²) in [6, 6.07) is 7.72. The van der Waals surface area contributed by atoms with Gasteiger partial charge in [0.15, 0.2) is 0 Å². The van der Waals surface area contributed by atoms with E-state index in [0.717, 1.165) is 11.1 Å². The molecule has 0 fully saturated rings. The van der Waals surface area contributed by atoms with Crippen LogP contribution in [0.25, 0.3) is 5.70 Å². The molecule has 0 saturated carbocycles. The lowest BCUT2D eigenvalue weighted by molar-refractivity contribution is 0.0144. The number of carbonyl (C=O) groups is 1. The molecule has 1 aliphatic rings. The van der Waals surface area contributed by atoms with Gasteiger partial charge >= 0.3 is 6.09 Å². The maximum Gasteiger partial charge on any atom is 0.412 e. The van der Waals surface area contributed by atoms with Gasteiger partial charge in [-0.25, -0.2) is 4.79 Å². The van der Waals surface area contributed by atoms with Crippen LogP contribution >= 0.6 is 0 Å². The molecule has 0 radical (unpaired) electrons. The van der Waals surface area contributed by atoms with E-state index in [-0.39, 0.29) is 11.5 Å². The number of nitrogens with zero attached hydrogens (tertiary/aromatic N) is 1. The van der Waals surface area contributed by atoms with Crippen molar-refractivity contribution in [1.29, 1.82) is 0 Å². The number of aryl methyl sites for hydroxylation is 1. The van der Waals surface area contributed by atoms with Gasteiger partial charge in [-0.2, -0.15) is 0 Å². The quantitative estimate of drug-likeness (QED) is 0.849. The second-order valence-corrected chi connectivity index (χ2v) is 6.20. The van der Waals surface area contributed by atoms with Crippen molar-refractivity contribution in [1.82, 2.24) is 4.90 Å². The SMILES string of the molecule is Cc1ccccc1C1=COC(C(C)(C)C)CN1C(=O)O. The van der Waals surface area contributed by atoms with Gasteiger partial charge in [-0.15, -0.1) is 0 Å². The van der Waals surface area contributed by atoms with Gasteiger partial charge in [0, 0.05) is 11.0 Å². The van der Waals surface area contributed by atoms with Crippen molar-refractivity contribution in [2.24, 2.45) is 5.41 Å².